The molecule has 2 aromatic heterocycles. The number of benzene rings is 1. The van der Waals surface area contributed by atoms with Crippen LogP contribution in [0.1, 0.15) is 87.9 Å². The normalized spacial score (nSPS) is 26.4. The van der Waals surface area contributed by atoms with E-state index < -0.39 is 42.1 Å². The van der Waals surface area contributed by atoms with Crippen molar-refractivity contribution in [2.45, 2.75) is 102 Å². The summed E-state index contributed by atoms with van der Waals surface area (Å²) in [6.45, 7) is 6.63. The second-order valence-electron chi connectivity index (χ2n) is 20.4. The van der Waals surface area contributed by atoms with Gasteiger partial charge in [-0.25, -0.2) is 22.9 Å². The lowest BCUT2D eigenvalue weighted by atomic mass is 9.80. The number of hydrogen-bond acceptors (Lipinski definition) is 15. The molecule has 22 heteroatoms. The number of ether oxygens (including phenoxy) is 1. The van der Waals surface area contributed by atoms with E-state index in [1.807, 2.05) is 21.7 Å². The maximum atomic E-state index is 15.8. The smallest absolute Gasteiger partial charge is 0.343 e. The topological polar surface area (TPSA) is 202 Å². The van der Waals surface area contributed by atoms with Crippen molar-refractivity contribution in [1.29, 1.82) is 0 Å². The van der Waals surface area contributed by atoms with E-state index in [-0.39, 0.29) is 73.7 Å². The molecule has 3 aromatic rings. The van der Waals surface area contributed by atoms with Crippen molar-refractivity contribution in [2.75, 3.05) is 99.4 Å². The van der Waals surface area contributed by atoms with Crippen molar-refractivity contribution in [3.63, 3.8) is 0 Å². The second-order valence-corrected chi connectivity index (χ2v) is 20.4. The van der Waals surface area contributed by atoms with E-state index in [9.17, 15) is 24.0 Å². The molecule has 4 aliphatic heterocycles. The average molecular weight is 1000 g/mol. The van der Waals surface area contributed by atoms with Gasteiger partial charge in [0.2, 0.25) is 29.6 Å². The molecule has 9 rings (SSSR count). The third-order valence-electron chi connectivity index (χ3n) is 15.6. The first-order valence-electron chi connectivity index (χ1n) is 25.8. The Labute approximate surface area is 417 Å². The lowest BCUT2D eigenvalue weighted by Crippen LogP contribution is -2.56. The van der Waals surface area contributed by atoms with Crippen LogP contribution in [0.15, 0.2) is 36.8 Å². The number of anilines is 5. The highest BCUT2D eigenvalue weighted by Gasteiger charge is 2.48. The van der Waals surface area contributed by atoms with E-state index in [1.54, 1.807) is 36.1 Å². The highest BCUT2D eigenvalue weighted by Crippen LogP contribution is 2.38. The molecule has 19 nitrogen and oxygen atoms in total. The first-order chi connectivity index (χ1) is 34.7. The number of nitrogens with zero attached hydrogens (tertiary/aromatic N) is 9. The van der Waals surface area contributed by atoms with Crippen LogP contribution in [-0.4, -0.2) is 172 Å². The predicted molar refractivity (Wildman–Crippen MR) is 262 cm³/mol. The molecule has 2 aliphatic carbocycles. The number of carbonyl (C=O) groups excluding carboxylic acids is 5. The number of hydrogen-bond donors (Lipinski definition) is 4. The number of esters is 1. The lowest BCUT2D eigenvalue weighted by molar-refractivity contribution is -0.157. The van der Waals surface area contributed by atoms with Gasteiger partial charge < -0.3 is 35.4 Å². The minimum atomic E-state index is -3.05. The van der Waals surface area contributed by atoms with Crippen LogP contribution in [0.4, 0.5) is 42.0 Å². The lowest BCUT2D eigenvalue weighted by Gasteiger charge is -2.44. The van der Waals surface area contributed by atoms with E-state index in [1.165, 1.54) is 17.2 Å². The molecule has 1 unspecified atom stereocenters. The van der Waals surface area contributed by atoms with Gasteiger partial charge in [0, 0.05) is 127 Å². The molecule has 4 amide bonds. The molecule has 0 spiro atoms. The molecule has 0 bridgehead atoms. The Hall–Kier alpha value is -6.03. The number of halogens is 3. The fourth-order valence-electron chi connectivity index (χ4n) is 11.5. The van der Waals surface area contributed by atoms with Crippen LogP contribution < -0.4 is 26.2 Å². The molecular formula is C50H68F3N13O6. The van der Waals surface area contributed by atoms with Crippen LogP contribution in [0, 0.1) is 23.6 Å². The van der Waals surface area contributed by atoms with Gasteiger partial charge in [-0.1, -0.05) is 0 Å². The molecule has 6 fully saturated rings. The summed E-state index contributed by atoms with van der Waals surface area (Å²) in [7, 11) is 1.82. The SMILES string of the molecule is CCOC(=O)c1cnc(Nc2cnn(C)c2)nc1NC1CCC(N2CCN(C(=O)C3CCC(C(=O)N4CC[C@H](CN5CCN(c6ccc(NC7CCC(=O)NC7=O)cc6F)CC5)C(F)(F)C4)CC3)CC2)CC1. The van der Waals surface area contributed by atoms with Crippen molar-refractivity contribution >= 4 is 58.4 Å². The standard InChI is InChI=1S/C50H68F3N13O6/c1-3-72-48(71)39-28-54-49(58-37-27-55-61(2)30-37)60-44(39)57-35-8-11-38(12-9-35)63-22-24-65(25-23-63)46(69)32-4-6-33(7-5-32)47(70)66-17-16-34(50(52,53)31-66)29-62-18-20-64(21-19-62)42-14-10-36(26-40(42)51)56-41-13-15-43(67)59-45(41)68/h10,14,26-28,30,32-35,38,41,56H,3-9,11-13,15-25,29,31H2,1-2H3,(H,59,67,68)(H2,54,57,58,60)/t32?,33?,34-,35?,38?,41?/m1/s1. The Morgan fingerprint density at radius 3 is 2.17 bits per heavy atom. The summed E-state index contributed by atoms with van der Waals surface area (Å²) in [6, 6.07) is 4.54. The quantitative estimate of drug-likeness (QED) is 0.130. The maximum Gasteiger partial charge on any atom is 0.343 e. The molecule has 2 atom stereocenters. The maximum absolute atomic E-state index is 15.8. The molecule has 4 saturated heterocycles. The van der Waals surface area contributed by atoms with Gasteiger partial charge in [-0.15, -0.1) is 0 Å². The van der Waals surface area contributed by atoms with Crippen molar-refractivity contribution in [2.24, 2.45) is 24.8 Å². The summed E-state index contributed by atoms with van der Waals surface area (Å²) in [6.07, 6.45) is 11.6. The number of rotatable bonds is 14. The number of amides is 4. The first kappa shape index (κ1) is 50.9. The largest absolute Gasteiger partial charge is 0.462 e. The van der Waals surface area contributed by atoms with Crippen LogP contribution in [0.5, 0.6) is 0 Å². The predicted octanol–water partition coefficient (Wildman–Crippen LogP) is 4.47. The zero-order chi connectivity index (χ0) is 50.5. The van der Waals surface area contributed by atoms with Gasteiger partial charge in [-0.2, -0.15) is 10.1 Å². The fourth-order valence-corrected chi connectivity index (χ4v) is 11.5. The number of alkyl halides is 2. The second kappa shape index (κ2) is 22.4. The third kappa shape index (κ3) is 12.1. The zero-order valence-corrected chi connectivity index (χ0v) is 41.3. The Balaban J connectivity index is 0.671. The van der Waals surface area contributed by atoms with Crippen LogP contribution in [0.3, 0.4) is 0 Å². The number of likely N-dealkylation sites (tertiary alicyclic amines) is 1. The molecule has 1 aromatic carbocycles. The van der Waals surface area contributed by atoms with E-state index in [2.05, 4.69) is 41.2 Å². The number of piperidine rings is 2. The summed E-state index contributed by atoms with van der Waals surface area (Å²) in [4.78, 5) is 82.5. The fraction of sp³-hybridized carbons (Fsp3) is 0.640. The van der Waals surface area contributed by atoms with Gasteiger partial charge in [-0.05, 0) is 89.3 Å². The highest BCUT2D eigenvalue weighted by molar-refractivity contribution is 6.01. The van der Waals surface area contributed by atoms with Crippen molar-refractivity contribution in [3.05, 3.63) is 48.2 Å². The number of aromatic nitrogens is 4. The minimum Gasteiger partial charge on any atom is -0.462 e. The van der Waals surface area contributed by atoms with E-state index in [0.29, 0.717) is 101 Å². The molecule has 72 heavy (non-hydrogen) atoms. The monoisotopic (exact) mass is 1000 g/mol. The van der Waals surface area contributed by atoms with Crippen LogP contribution >= 0.6 is 0 Å². The van der Waals surface area contributed by atoms with Gasteiger partial charge in [0.05, 0.1) is 30.7 Å². The van der Waals surface area contributed by atoms with E-state index in [4.69, 9.17) is 4.74 Å². The van der Waals surface area contributed by atoms with Crippen molar-refractivity contribution in [1.82, 2.24) is 44.7 Å². The average Bonchev–Trinajstić information content (AvgIpc) is 3.79. The van der Waals surface area contributed by atoms with Gasteiger partial charge in [0.25, 0.3) is 5.92 Å². The Bertz CT molecular complexity index is 2430. The van der Waals surface area contributed by atoms with E-state index in [0.717, 1.165) is 44.5 Å². The Morgan fingerprint density at radius 1 is 0.819 bits per heavy atom. The van der Waals surface area contributed by atoms with Gasteiger partial charge in [-0.3, -0.25) is 39.0 Å². The van der Waals surface area contributed by atoms with Gasteiger partial charge in [0.15, 0.2) is 0 Å². The van der Waals surface area contributed by atoms with Crippen LogP contribution in [0.25, 0.3) is 0 Å². The molecule has 4 N–H and O–H groups in total. The molecule has 2 saturated carbocycles. The number of imide groups is 1. The summed E-state index contributed by atoms with van der Waals surface area (Å²) >= 11 is 0. The molecule has 6 heterocycles. The summed E-state index contributed by atoms with van der Waals surface area (Å²) in [5.41, 5.74) is 1.84. The van der Waals surface area contributed by atoms with Crippen LogP contribution in [0.2, 0.25) is 0 Å². The molecule has 0 radical (unpaired) electrons. The Morgan fingerprint density at radius 2 is 1.53 bits per heavy atom. The summed E-state index contributed by atoms with van der Waals surface area (Å²) in [5.74, 6) is -5.53. The molecule has 390 valence electrons. The summed E-state index contributed by atoms with van der Waals surface area (Å²) < 4.78 is 53.8. The van der Waals surface area contributed by atoms with E-state index >= 15 is 13.2 Å². The highest BCUT2D eigenvalue weighted by atomic mass is 19.3. The third-order valence-corrected chi connectivity index (χ3v) is 15.6. The van der Waals surface area contributed by atoms with Crippen LogP contribution in [-0.2, 0) is 31.0 Å². The number of aryl methyl sites for hydroxylation is 1. The van der Waals surface area contributed by atoms with Crippen molar-refractivity contribution < 1.29 is 41.9 Å². The summed E-state index contributed by atoms with van der Waals surface area (Å²) in [5, 5.41) is 16.1. The minimum absolute atomic E-state index is 0.107. The number of piperazine rings is 2. The van der Waals surface area contributed by atoms with Gasteiger partial charge >= 0.3 is 5.97 Å². The van der Waals surface area contributed by atoms with Crippen molar-refractivity contribution in [3.8, 4) is 0 Å². The molecular weight excluding hydrogens is 936 g/mol. The van der Waals surface area contributed by atoms with Gasteiger partial charge in [0.1, 0.15) is 23.2 Å². The number of nitrogens with one attached hydrogen (secondary N) is 4. The zero-order valence-electron chi connectivity index (χ0n) is 41.3. The Kier molecular flexibility index (Phi) is 15.8. The number of carbonyl (C=O) groups is 5. The molecule has 6 aliphatic rings. The first-order valence-corrected chi connectivity index (χ1v) is 25.8.